The van der Waals surface area contributed by atoms with E-state index in [1.165, 1.54) is 13.8 Å². The van der Waals surface area contributed by atoms with Gasteiger partial charge in [0.2, 0.25) is 11.4 Å². The Balaban J connectivity index is 5.42. The smallest absolute Gasteiger partial charge is 0.343 e. The number of nitrogens with one attached hydrogen (secondary N) is 1. The molecule has 1 amide bonds. The predicted molar refractivity (Wildman–Crippen MR) is 70.7 cm³/mol. The number of rotatable bonds is 8. The van der Waals surface area contributed by atoms with E-state index in [9.17, 15) is 19.5 Å². The van der Waals surface area contributed by atoms with Crippen molar-refractivity contribution >= 4 is 17.8 Å². The van der Waals surface area contributed by atoms with E-state index in [0.29, 0.717) is 0 Å². The average Bonchev–Trinajstić information content (AvgIpc) is 2.34. The lowest BCUT2D eigenvalue weighted by Gasteiger charge is -2.30. The molecule has 0 bridgehead atoms. The van der Waals surface area contributed by atoms with Crippen molar-refractivity contribution in [2.45, 2.75) is 52.2 Å². The Bertz CT molecular complexity index is 335. The minimum Gasteiger partial charge on any atom is -0.464 e. The van der Waals surface area contributed by atoms with Gasteiger partial charge in [0, 0.05) is 6.92 Å². The number of esters is 2. The van der Waals surface area contributed by atoms with Crippen LogP contribution in [0.1, 0.15) is 40.5 Å². The average molecular weight is 289 g/mol. The highest BCUT2D eigenvalue weighted by Crippen LogP contribution is 2.19. The van der Waals surface area contributed by atoms with E-state index < -0.39 is 29.5 Å². The molecule has 0 aromatic carbocycles. The van der Waals surface area contributed by atoms with Crippen LogP contribution in [0.4, 0.5) is 0 Å². The highest BCUT2D eigenvalue weighted by Gasteiger charge is 2.49. The van der Waals surface area contributed by atoms with Gasteiger partial charge in [-0.25, -0.2) is 9.59 Å². The zero-order valence-electron chi connectivity index (χ0n) is 12.4. The molecule has 1 atom stereocenters. The van der Waals surface area contributed by atoms with Crippen LogP contribution in [0, 0.1) is 0 Å². The number of carbonyl (C=O) groups excluding carboxylic acids is 3. The molecule has 7 heteroatoms. The quantitative estimate of drug-likeness (QED) is 0.487. The summed E-state index contributed by atoms with van der Waals surface area (Å²) < 4.78 is 9.74. The van der Waals surface area contributed by atoms with E-state index in [1.807, 2.05) is 0 Å². The van der Waals surface area contributed by atoms with Gasteiger partial charge in [0.15, 0.2) is 0 Å². The van der Waals surface area contributed by atoms with Gasteiger partial charge in [-0.05, 0) is 33.6 Å². The number of aliphatic hydroxyl groups is 1. The van der Waals surface area contributed by atoms with Gasteiger partial charge in [0.1, 0.15) is 0 Å². The summed E-state index contributed by atoms with van der Waals surface area (Å²) in [5.41, 5.74) is -1.91. The summed E-state index contributed by atoms with van der Waals surface area (Å²) in [5.74, 6) is -2.32. The molecule has 0 heterocycles. The molecule has 0 rings (SSSR count). The van der Waals surface area contributed by atoms with E-state index in [4.69, 9.17) is 9.47 Å². The van der Waals surface area contributed by atoms with Gasteiger partial charge in [0.05, 0.1) is 19.3 Å². The van der Waals surface area contributed by atoms with Crippen molar-refractivity contribution in [2.75, 3.05) is 13.2 Å². The largest absolute Gasteiger partial charge is 0.464 e. The number of amides is 1. The Hall–Kier alpha value is -1.63. The molecular weight excluding hydrogens is 266 g/mol. The van der Waals surface area contributed by atoms with Crippen LogP contribution >= 0.6 is 0 Å². The molecule has 7 nitrogen and oxygen atoms in total. The normalized spacial score (nSPS) is 12.4. The fraction of sp³-hybridized carbons (Fsp3) is 0.769. The van der Waals surface area contributed by atoms with Crippen molar-refractivity contribution in [3.63, 3.8) is 0 Å². The first kappa shape index (κ1) is 18.4. The molecule has 0 aliphatic carbocycles. The number of carbonyl (C=O) groups is 3. The lowest BCUT2D eigenvalue weighted by Crippen LogP contribution is -2.61. The van der Waals surface area contributed by atoms with Gasteiger partial charge in [-0.2, -0.15) is 0 Å². The highest BCUT2D eigenvalue weighted by atomic mass is 16.6. The zero-order chi connectivity index (χ0) is 15.8. The second kappa shape index (κ2) is 8.52. The van der Waals surface area contributed by atoms with Crippen molar-refractivity contribution in [2.24, 2.45) is 0 Å². The SMILES string of the molecule is CCOC(=O)C(CCC(C)O)(NC(C)=O)C(=O)OCC. The maximum absolute atomic E-state index is 12.1. The number of hydrogen-bond donors (Lipinski definition) is 2. The molecule has 0 radical (unpaired) electrons. The van der Waals surface area contributed by atoms with Crippen LogP contribution in [0.15, 0.2) is 0 Å². The Morgan fingerprint density at radius 2 is 1.60 bits per heavy atom. The van der Waals surface area contributed by atoms with E-state index in [2.05, 4.69) is 5.32 Å². The van der Waals surface area contributed by atoms with Crippen LogP contribution in [-0.2, 0) is 23.9 Å². The van der Waals surface area contributed by atoms with Crippen molar-refractivity contribution < 1.29 is 29.0 Å². The standard InChI is InChI=1S/C13H23NO6/c1-5-19-11(17)13(14-10(4)16,8-7-9(3)15)12(18)20-6-2/h9,15H,5-8H2,1-4H3,(H,14,16). The van der Waals surface area contributed by atoms with Crippen molar-refractivity contribution in [3.05, 3.63) is 0 Å². The number of aliphatic hydroxyl groups excluding tert-OH is 1. The van der Waals surface area contributed by atoms with Gasteiger partial charge >= 0.3 is 11.9 Å². The van der Waals surface area contributed by atoms with Gasteiger partial charge in [-0.3, -0.25) is 4.79 Å². The molecule has 20 heavy (non-hydrogen) atoms. The first-order chi connectivity index (χ1) is 9.30. The van der Waals surface area contributed by atoms with Crippen molar-refractivity contribution in [1.29, 1.82) is 0 Å². The van der Waals surface area contributed by atoms with Gasteiger partial charge in [0.25, 0.3) is 0 Å². The third-order valence-electron chi connectivity index (χ3n) is 2.57. The molecule has 0 aromatic heterocycles. The Morgan fingerprint density at radius 3 is 1.90 bits per heavy atom. The minimum atomic E-state index is -1.91. The maximum Gasteiger partial charge on any atom is 0.343 e. The molecule has 116 valence electrons. The predicted octanol–water partition coefficient (Wildman–Crippen LogP) is 0.149. The molecule has 0 spiro atoms. The molecule has 0 saturated carbocycles. The molecular formula is C13H23NO6. The molecule has 2 N–H and O–H groups in total. The second-order valence-corrected chi connectivity index (χ2v) is 4.42. The van der Waals surface area contributed by atoms with Crippen LogP contribution in [0.2, 0.25) is 0 Å². The fourth-order valence-corrected chi connectivity index (χ4v) is 1.69. The molecule has 0 aliphatic rings. The second-order valence-electron chi connectivity index (χ2n) is 4.42. The zero-order valence-corrected chi connectivity index (χ0v) is 12.4. The number of hydrogen-bond acceptors (Lipinski definition) is 6. The lowest BCUT2D eigenvalue weighted by atomic mass is 9.91. The third-order valence-corrected chi connectivity index (χ3v) is 2.57. The van der Waals surface area contributed by atoms with E-state index in [1.54, 1.807) is 13.8 Å². The third kappa shape index (κ3) is 5.16. The van der Waals surface area contributed by atoms with E-state index in [-0.39, 0.29) is 26.1 Å². The van der Waals surface area contributed by atoms with Gasteiger partial charge in [-0.15, -0.1) is 0 Å². The Labute approximate surface area is 118 Å². The molecule has 0 saturated heterocycles. The highest BCUT2D eigenvalue weighted by molar-refractivity contribution is 6.07. The van der Waals surface area contributed by atoms with Crippen LogP contribution in [0.3, 0.4) is 0 Å². The van der Waals surface area contributed by atoms with Crippen LogP contribution in [-0.4, -0.2) is 47.8 Å². The van der Waals surface area contributed by atoms with Gasteiger partial charge < -0.3 is 19.9 Å². The molecule has 0 aliphatic heterocycles. The minimum absolute atomic E-state index is 0.0637. The van der Waals surface area contributed by atoms with Crippen molar-refractivity contribution in [3.8, 4) is 0 Å². The first-order valence-corrected chi connectivity index (χ1v) is 6.61. The monoisotopic (exact) mass is 289 g/mol. The lowest BCUT2D eigenvalue weighted by molar-refractivity contribution is -0.168. The first-order valence-electron chi connectivity index (χ1n) is 6.61. The molecule has 1 unspecified atom stereocenters. The summed E-state index contributed by atoms with van der Waals surface area (Å²) in [7, 11) is 0. The van der Waals surface area contributed by atoms with Crippen molar-refractivity contribution in [1.82, 2.24) is 5.32 Å². The fourth-order valence-electron chi connectivity index (χ4n) is 1.69. The molecule has 0 aromatic rings. The van der Waals surface area contributed by atoms with E-state index in [0.717, 1.165) is 0 Å². The Kier molecular flexibility index (Phi) is 7.83. The van der Waals surface area contributed by atoms with E-state index >= 15 is 0 Å². The van der Waals surface area contributed by atoms with Crippen LogP contribution < -0.4 is 5.32 Å². The maximum atomic E-state index is 12.1. The van der Waals surface area contributed by atoms with Crippen LogP contribution in [0.25, 0.3) is 0 Å². The Morgan fingerprint density at radius 1 is 1.15 bits per heavy atom. The summed E-state index contributed by atoms with van der Waals surface area (Å²) >= 11 is 0. The summed E-state index contributed by atoms with van der Waals surface area (Å²) in [5, 5.41) is 11.7. The van der Waals surface area contributed by atoms with Crippen LogP contribution in [0.5, 0.6) is 0 Å². The molecule has 0 fully saturated rings. The summed E-state index contributed by atoms with van der Waals surface area (Å²) in [6.07, 6.45) is -0.688. The topological polar surface area (TPSA) is 102 Å². The number of ether oxygens (including phenoxy) is 2. The summed E-state index contributed by atoms with van der Waals surface area (Å²) in [6, 6.07) is 0. The summed E-state index contributed by atoms with van der Waals surface area (Å²) in [6.45, 7) is 6.03. The summed E-state index contributed by atoms with van der Waals surface area (Å²) in [4.78, 5) is 35.6. The van der Waals surface area contributed by atoms with Gasteiger partial charge in [-0.1, -0.05) is 0 Å².